The first kappa shape index (κ1) is 12.6. The van der Waals surface area contributed by atoms with E-state index < -0.39 is 14.3 Å². The minimum absolute atomic E-state index is 0.194. The lowest BCUT2D eigenvalue weighted by molar-refractivity contribution is 0.0696. The van der Waals surface area contributed by atoms with Crippen LogP contribution in [-0.2, 0) is 0 Å². The second-order valence-corrected chi connectivity index (χ2v) is 8.81. The van der Waals surface area contributed by atoms with Gasteiger partial charge in [0.1, 0.15) is 5.75 Å². The van der Waals surface area contributed by atoms with Gasteiger partial charge < -0.3 is 14.3 Å². The molecule has 5 heteroatoms. The van der Waals surface area contributed by atoms with Gasteiger partial charge in [0, 0.05) is 0 Å². The molecule has 1 rings (SSSR count). The summed E-state index contributed by atoms with van der Waals surface area (Å²) in [6.07, 6.45) is 0. The average molecular weight is 240 g/mol. The summed E-state index contributed by atoms with van der Waals surface area (Å²) in [5.41, 5.74) is 0.194. The molecule has 1 aromatic carbocycles. The van der Waals surface area contributed by atoms with Crippen LogP contribution in [0.15, 0.2) is 18.2 Å². The Bertz CT molecular complexity index is 395. The summed E-state index contributed by atoms with van der Waals surface area (Å²) in [6.45, 7) is 6.16. The van der Waals surface area contributed by atoms with Crippen molar-refractivity contribution in [3.8, 4) is 11.5 Å². The Morgan fingerprint density at radius 1 is 1.25 bits per heavy atom. The predicted molar refractivity (Wildman–Crippen MR) is 63.9 cm³/mol. The summed E-state index contributed by atoms with van der Waals surface area (Å²) in [5, 5.41) is 8.84. The molecule has 0 saturated heterocycles. The minimum Gasteiger partial charge on any atom is -0.542 e. The van der Waals surface area contributed by atoms with Gasteiger partial charge in [-0.05, 0) is 37.8 Å². The molecule has 16 heavy (non-hydrogen) atoms. The number of benzene rings is 1. The maximum absolute atomic E-state index is 10.8. The molecule has 88 valence electrons. The van der Waals surface area contributed by atoms with E-state index in [0.29, 0.717) is 11.5 Å². The minimum atomic E-state index is -1.72. The molecule has 0 spiro atoms. The SMILES string of the molecule is COc1cc(C(=O)O)ccc1O[Si](C)(C)C. The van der Waals surface area contributed by atoms with Crippen LogP contribution in [0.4, 0.5) is 0 Å². The first-order valence-electron chi connectivity index (χ1n) is 4.94. The summed E-state index contributed by atoms with van der Waals surface area (Å²) in [4.78, 5) is 10.8. The number of hydrogen-bond donors (Lipinski definition) is 1. The number of carbonyl (C=O) groups is 1. The van der Waals surface area contributed by atoms with Crippen LogP contribution in [0.5, 0.6) is 11.5 Å². The van der Waals surface area contributed by atoms with Crippen LogP contribution in [0.3, 0.4) is 0 Å². The summed E-state index contributed by atoms with van der Waals surface area (Å²) in [7, 11) is -0.220. The van der Waals surface area contributed by atoms with Crippen LogP contribution in [0.2, 0.25) is 19.6 Å². The van der Waals surface area contributed by atoms with Crippen LogP contribution in [0.25, 0.3) is 0 Å². The summed E-state index contributed by atoms with van der Waals surface area (Å²) >= 11 is 0. The normalized spacial score (nSPS) is 11.0. The average Bonchev–Trinajstić information content (AvgIpc) is 2.15. The second-order valence-electron chi connectivity index (χ2n) is 4.39. The van der Waals surface area contributed by atoms with Gasteiger partial charge in [-0.2, -0.15) is 0 Å². The molecular formula is C11H16O4Si. The molecule has 0 saturated carbocycles. The highest BCUT2D eigenvalue weighted by molar-refractivity contribution is 6.70. The van der Waals surface area contributed by atoms with Crippen molar-refractivity contribution in [1.82, 2.24) is 0 Å². The molecule has 4 nitrogen and oxygen atoms in total. The third kappa shape index (κ3) is 3.27. The van der Waals surface area contributed by atoms with Crippen LogP contribution in [-0.4, -0.2) is 26.5 Å². The van der Waals surface area contributed by atoms with Crippen molar-refractivity contribution >= 4 is 14.3 Å². The van der Waals surface area contributed by atoms with Crippen LogP contribution < -0.4 is 9.16 Å². The molecule has 0 aliphatic rings. The topological polar surface area (TPSA) is 55.8 Å². The van der Waals surface area contributed by atoms with Gasteiger partial charge in [0.15, 0.2) is 5.75 Å². The molecule has 0 atom stereocenters. The summed E-state index contributed by atoms with van der Waals surface area (Å²) in [5.74, 6) is 0.0897. The largest absolute Gasteiger partial charge is 0.542 e. The lowest BCUT2D eigenvalue weighted by atomic mass is 10.2. The van der Waals surface area contributed by atoms with Crippen molar-refractivity contribution in [2.45, 2.75) is 19.6 Å². The van der Waals surface area contributed by atoms with Crippen LogP contribution >= 0.6 is 0 Å². The Kier molecular flexibility index (Phi) is 3.59. The number of aromatic carboxylic acids is 1. The van der Waals surface area contributed by atoms with E-state index in [4.69, 9.17) is 14.3 Å². The lowest BCUT2D eigenvalue weighted by Crippen LogP contribution is -2.29. The third-order valence-corrected chi connectivity index (χ3v) is 2.66. The highest BCUT2D eigenvalue weighted by atomic mass is 28.4. The van der Waals surface area contributed by atoms with Gasteiger partial charge in [0.25, 0.3) is 0 Å². The van der Waals surface area contributed by atoms with Gasteiger partial charge in [0.05, 0.1) is 12.7 Å². The van der Waals surface area contributed by atoms with E-state index in [1.807, 2.05) is 0 Å². The Hall–Kier alpha value is -1.49. The Morgan fingerprint density at radius 3 is 2.31 bits per heavy atom. The standard InChI is InChI=1S/C11H16O4Si/c1-14-10-7-8(11(12)13)5-6-9(10)15-16(2,3)4/h5-7H,1-4H3,(H,12,13). The van der Waals surface area contributed by atoms with Crippen molar-refractivity contribution in [1.29, 1.82) is 0 Å². The molecule has 0 amide bonds. The fourth-order valence-electron chi connectivity index (χ4n) is 1.21. The zero-order valence-corrected chi connectivity index (χ0v) is 10.9. The summed E-state index contributed by atoms with van der Waals surface area (Å²) in [6, 6.07) is 4.62. The highest BCUT2D eigenvalue weighted by Crippen LogP contribution is 2.30. The van der Waals surface area contributed by atoms with E-state index in [1.165, 1.54) is 19.2 Å². The number of carboxylic acid groups (broad SMARTS) is 1. The molecule has 0 heterocycles. The predicted octanol–water partition coefficient (Wildman–Crippen LogP) is 2.61. The number of hydrogen-bond acceptors (Lipinski definition) is 3. The van der Waals surface area contributed by atoms with Crippen LogP contribution in [0.1, 0.15) is 10.4 Å². The van der Waals surface area contributed by atoms with Gasteiger partial charge >= 0.3 is 5.97 Å². The third-order valence-electron chi connectivity index (χ3n) is 1.83. The van der Waals surface area contributed by atoms with Gasteiger partial charge in [0.2, 0.25) is 8.32 Å². The molecule has 1 N–H and O–H groups in total. The molecule has 0 bridgehead atoms. The van der Waals surface area contributed by atoms with Gasteiger partial charge in [-0.15, -0.1) is 0 Å². The highest BCUT2D eigenvalue weighted by Gasteiger charge is 2.19. The van der Waals surface area contributed by atoms with Crippen molar-refractivity contribution in [3.05, 3.63) is 23.8 Å². The quantitative estimate of drug-likeness (QED) is 0.822. The zero-order valence-electron chi connectivity index (χ0n) is 9.90. The van der Waals surface area contributed by atoms with E-state index in [-0.39, 0.29) is 5.56 Å². The first-order valence-corrected chi connectivity index (χ1v) is 8.34. The Labute approximate surface area is 95.9 Å². The maximum Gasteiger partial charge on any atom is 0.335 e. The fraction of sp³-hybridized carbons (Fsp3) is 0.364. The van der Waals surface area contributed by atoms with E-state index in [0.717, 1.165) is 0 Å². The van der Waals surface area contributed by atoms with Crippen LogP contribution in [0, 0.1) is 0 Å². The monoisotopic (exact) mass is 240 g/mol. The van der Waals surface area contributed by atoms with E-state index >= 15 is 0 Å². The van der Waals surface area contributed by atoms with Gasteiger partial charge in [-0.1, -0.05) is 0 Å². The molecule has 0 aromatic heterocycles. The number of ether oxygens (including phenoxy) is 1. The molecule has 0 radical (unpaired) electrons. The van der Waals surface area contributed by atoms with E-state index in [2.05, 4.69) is 19.6 Å². The van der Waals surface area contributed by atoms with E-state index in [9.17, 15) is 4.79 Å². The number of carboxylic acids is 1. The molecule has 0 aliphatic heterocycles. The first-order chi connectivity index (χ1) is 7.33. The number of rotatable bonds is 4. The second kappa shape index (κ2) is 4.57. The lowest BCUT2D eigenvalue weighted by Gasteiger charge is -2.21. The fourth-order valence-corrected chi connectivity index (χ4v) is 2.04. The maximum atomic E-state index is 10.8. The molecule has 0 fully saturated rings. The summed E-state index contributed by atoms with van der Waals surface area (Å²) < 4.78 is 10.9. The number of methoxy groups -OCH3 is 1. The Balaban J connectivity index is 3.07. The molecule has 1 aromatic rings. The van der Waals surface area contributed by atoms with Crippen molar-refractivity contribution in [2.24, 2.45) is 0 Å². The van der Waals surface area contributed by atoms with Gasteiger partial charge in [-0.25, -0.2) is 4.79 Å². The van der Waals surface area contributed by atoms with Crippen molar-refractivity contribution in [2.75, 3.05) is 7.11 Å². The van der Waals surface area contributed by atoms with E-state index in [1.54, 1.807) is 6.07 Å². The van der Waals surface area contributed by atoms with Gasteiger partial charge in [-0.3, -0.25) is 0 Å². The smallest absolute Gasteiger partial charge is 0.335 e. The molecule has 0 aliphatic carbocycles. The Morgan fingerprint density at radius 2 is 1.88 bits per heavy atom. The molecular weight excluding hydrogens is 224 g/mol. The molecule has 0 unspecified atom stereocenters. The van der Waals surface area contributed by atoms with Crippen molar-refractivity contribution in [3.63, 3.8) is 0 Å². The van der Waals surface area contributed by atoms with Crippen molar-refractivity contribution < 1.29 is 19.1 Å². The zero-order chi connectivity index (χ0) is 12.3.